The van der Waals surface area contributed by atoms with Gasteiger partial charge in [-0.05, 0) is 18.2 Å². The van der Waals surface area contributed by atoms with Gasteiger partial charge in [-0.2, -0.15) is 0 Å². The molecule has 2 aromatic heterocycles. The molecule has 0 aliphatic heterocycles. The van der Waals surface area contributed by atoms with Gasteiger partial charge in [0.2, 0.25) is 0 Å². The van der Waals surface area contributed by atoms with Crippen molar-refractivity contribution in [1.29, 1.82) is 0 Å². The molecule has 6 nitrogen and oxygen atoms in total. The number of rotatable bonds is 7. The Morgan fingerprint density at radius 1 is 1.21 bits per heavy atom. The summed E-state index contributed by atoms with van der Waals surface area (Å²) >= 11 is 6.48. The van der Waals surface area contributed by atoms with Crippen LogP contribution in [0.3, 0.4) is 0 Å². The van der Waals surface area contributed by atoms with Crippen molar-refractivity contribution in [3.8, 4) is 11.1 Å². The van der Waals surface area contributed by atoms with Crippen molar-refractivity contribution in [2.24, 2.45) is 0 Å². The van der Waals surface area contributed by atoms with E-state index in [1.54, 1.807) is 24.3 Å². The van der Waals surface area contributed by atoms with Crippen LogP contribution in [0.25, 0.3) is 22.2 Å². The Bertz CT molecular complexity index is 1150. The molecule has 0 radical (unpaired) electrons. The Labute approximate surface area is 177 Å². The number of hydrogen-bond donors (Lipinski definition) is 1. The lowest BCUT2D eigenvalue weighted by Gasteiger charge is -2.16. The first-order chi connectivity index (χ1) is 13.5. The van der Waals surface area contributed by atoms with Crippen molar-refractivity contribution in [2.45, 2.75) is 37.3 Å². The summed E-state index contributed by atoms with van der Waals surface area (Å²) in [6.07, 6.45) is 3.02. The molecular weight excluding hydrogens is 426 g/mol. The van der Waals surface area contributed by atoms with Gasteiger partial charge in [-0.3, -0.25) is 0 Å². The lowest BCUT2D eigenvalue weighted by Crippen LogP contribution is -2.22. The van der Waals surface area contributed by atoms with Gasteiger partial charge in [0.1, 0.15) is 17.5 Å². The Balaban J connectivity index is 2.00. The number of anilines is 1. The van der Waals surface area contributed by atoms with Crippen LogP contribution >= 0.6 is 11.6 Å². The van der Waals surface area contributed by atoms with Crippen molar-refractivity contribution < 1.29 is 13.2 Å². The quantitative estimate of drug-likeness (QED) is 0.321. The summed E-state index contributed by atoms with van der Waals surface area (Å²) in [7, 11) is -4.61. The van der Waals surface area contributed by atoms with Crippen LogP contribution in [0.5, 0.6) is 0 Å². The third-order valence-corrected chi connectivity index (χ3v) is 7.82. The van der Waals surface area contributed by atoms with Crippen LogP contribution in [0.1, 0.15) is 0 Å². The molecule has 2 heterocycles. The molecule has 0 unspecified atom stereocenters. The number of benzene rings is 1. The van der Waals surface area contributed by atoms with Crippen LogP contribution in [0.2, 0.25) is 30.8 Å². The van der Waals surface area contributed by atoms with E-state index in [9.17, 15) is 8.42 Å². The average Bonchev–Trinajstić information content (AvgIpc) is 3.00. The van der Waals surface area contributed by atoms with E-state index in [2.05, 4.69) is 24.6 Å². The molecule has 0 aliphatic carbocycles. The highest BCUT2D eigenvalue weighted by Gasteiger charge is 2.21. The van der Waals surface area contributed by atoms with E-state index >= 15 is 0 Å². The predicted molar refractivity (Wildman–Crippen MR) is 122 cm³/mol. The number of nitrogens with zero attached hydrogens (tertiary/aromatic N) is 2. The Morgan fingerprint density at radius 2 is 1.90 bits per heavy atom. The predicted octanol–water partition coefficient (Wildman–Crippen LogP) is 4.65. The Hall–Kier alpha value is -1.87. The van der Waals surface area contributed by atoms with Gasteiger partial charge in [-0.1, -0.05) is 49.4 Å². The molecule has 0 fully saturated rings. The van der Waals surface area contributed by atoms with E-state index < -0.39 is 17.9 Å². The van der Waals surface area contributed by atoms with Crippen molar-refractivity contribution in [2.75, 3.05) is 18.6 Å². The molecule has 29 heavy (non-hydrogen) atoms. The third kappa shape index (κ3) is 4.83. The second-order valence-corrected chi connectivity index (χ2v) is 16.3. The monoisotopic (exact) mass is 451 g/mol. The van der Waals surface area contributed by atoms with E-state index in [0.717, 1.165) is 12.3 Å². The maximum Gasteiger partial charge on any atom is 0.176 e. The molecule has 3 rings (SSSR count). The summed E-state index contributed by atoms with van der Waals surface area (Å²) < 4.78 is 32.1. The second kappa shape index (κ2) is 8.10. The molecule has 0 saturated heterocycles. The molecule has 0 atom stereocenters. The fourth-order valence-electron chi connectivity index (χ4n) is 3.09. The van der Waals surface area contributed by atoms with Crippen molar-refractivity contribution >= 4 is 46.2 Å². The Kier molecular flexibility index (Phi) is 6.10. The highest BCUT2D eigenvalue weighted by molar-refractivity contribution is 7.90. The van der Waals surface area contributed by atoms with Gasteiger partial charge in [0.15, 0.2) is 9.84 Å². The molecule has 3 aromatic rings. The van der Waals surface area contributed by atoms with Gasteiger partial charge in [-0.25, -0.2) is 13.4 Å². The van der Waals surface area contributed by atoms with E-state index in [1.807, 2.05) is 16.8 Å². The van der Waals surface area contributed by atoms with Gasteiger partial charge in [0, 0.05) is 43.6 Å². The summed E-state index contributed by atoms with van der Waals surface area (Å²) in [6.45, 7) is 7.96. The summed E-state index contributed by atoms with van der Waals surface area (Å²) in [4.78, 5) is 4.68. The average molecular weight is 452 g/mol. The summed E-state index contributed by atoms with van der Waals surface area (Å²) in [5.74, 6) is 0. The summed E-state index contributed by atoms with van der Waals surface area (Å²) in [5.41, 5.74) is 8.31. The van der Waals surface area contributed by atoms with Crippen LogP contribution in [-0.4, -0.2) is 38.9 Å². The molecule has 0 aliphatic rings. The van der Waals surface area contributed by atoms with Crippen molar-refractivity contribution in [1.82, 2.24) is 9.55 Å². The van der Waals surface area contributed by atoms with Gasteiger partial charge in [0.25, 0.3) is 0 Å². The molecule has 1 aromatic carbocycles. The first-order valence-electron chi connectivity index (χ1n) is 9.30. The van der Waals surface area contributed by atoms with Crippen LogP contribution < -0.4 is 5.73 Å². The molecule has 0 amide bonds. The zero-order valence-electron chi connectivity index (χ0n) is 17.1. The molecule has 0 bridgehead atoms. The SMILES string of the molecule is C[Si](C)(C)CCOCn1ccc2c(N)c(-c3ccccc3S(C)(=O)=O)c(Cl)nc21. The third-order valence-electron chi connectivity index (χ3n) is 4.69. The molecule has 156 valence electrons. The fourth-order valence-corrected chi connectivity index (χ4v) is 5.03. The van der Waals surface area contributed by atoms with E-state index in [0.29, 0.717) is 41.2 Å². The minimum Gasteiger partial charge on any atom is -0.398 e. The maximum atomic E-state index is 12.2. The van der Waals surface area contributed by atoms with Crippen LogP contribution in [-0.2, 0) is 21.3 Å². The van der Waals surface area contributed by atoms with Crippen LogP contribution in [0.4, 0.5) is 5.69 Å². The van der Waals surface area contributed by atoms with Gasteiger partial charge in [0.05, 0.1) is 10.6 Å². The standard InChI is InChI=1S/C20H26ClN3O3SSi/c1-28(25,26)16-8-6-5-7-14(16)17-18(22)15-9-10-24(20(15)23-19(17)21)13-27-11-12-29(2,3)4/h5-10H,11-13H2,1-4H3,(H2,22,23). The van der Waals surface area contributed by atoms with Gasteiger partial charge < -0.3 is 15.0 Å². The number of nitrogen functional groups attached to an aromatic ring is 1. The topological polar surface area (TPSA) is 87.2 Å². The largest absolute Gasteiger partial charge is 0.398 e. The number of aromatic nitrogens is 2. The lowest BCUT2D eigenvalue weighted by molar-refractivity contribution is 0.0899. The molecule has 0 saturated carbocycles. The smallest absolute Gasteiger partial charge is 0.176 e. The van der Waals surface area contributed by atoms with Gasteiger partial charge >= 0.3 is 0 Å². The molecular formula is C20H26ClN3O3SSi. The number of nitrogens with two attached hydrogens (primary N) is 1. The maximum absolute atomic E-state index is 12.2. The van der Waals surface area contributed by atoms with Crippen LogP contribution in [0.15, 0.2) is 41.4 Å². The second-order valence-electron chi connectivity index (χ2n) is 8.33. The van der Waals surface area contributed by atoms with Crippen molar-refractivity contribution in [3.05, 3.63) is 41.7 Å². The van der Waals surface area contributed by atoms with E-state index in [-0.39, 0.29) is 10.0 Å². The Morgan fingerprint density at radius 3 is 2.55 bits per heavy atom. The molecule has 9 heteroatoms. The van der Waals surface area contributed by atoms with Gasteiger partial charge in [-0.15, -0.1) is 0 Å². The minimum atomic E-state index is -3.45. The minimum absolute atomic E-state index is 0.160. The van der Waals surface area contributed by atoms with Crippen molar-refractivity contribution in [3.63, 3.8) is 0 Å². The first kappa shape index (κ1) is 21.8. The first-order valence-corrected chi connectivity index (χ1v) is 15.3. The number of hydrogen-bond acceptors (Lipinski definition) is 5. The lowest BCUT2D eigenvalue weighted by atomic mass is 10.0. The molecule has 0 spiro atoms. The highest BCUT2D eigenvalue weighted by Crippen LogP contribution is 2.40. The number of ether oxygens (including phenoxy) is 1. The fraction of sp³-hybridized carbons (Fsp3) is 0.350. The zero-order chi connectivity index (χ0) is 21.4. The van der Waals surface area contributed by atoms with Crippen LogP contribution in [0, 0.1) is 0 Å². The normalized spacial score (nSPS) is 12.6. The zero-order valence-corrected chi connectivity index (χ0v) is 19.6. The number of pyridine rings is 1. The summed E-state index contributed by atoms with van der Waals surface area (Å²) in [5, 5.41) is 0.870. The highest BCUT2D eigenvalue weighted by atomic mass is 35.5. The van der Waals surface area contributed by atoms with E-state index in [4.69, 9.17) is 22.1 Å². The number of sulfone groups is 1. The van der Waals surface area contributed by atoms with E-state index in [1.165, 1.54) is 0 Å². The molecule has 2 N–H and O–H groups in total. The summed E-state index contributed by atoms with van der Waals surface area (Å²) in [6, 6.07) is 9.59. The number of fused-ring (bicyclic) bond motifs is 1. The number of halogens is 1.